The van der Waals surface area contributed by atoms with Crippen LogP contribution in [0.15, 0.2) is 41.3 Å². The van der Waals surface area contributed by atoms with Crippen LogP contribution >= 0.6 is 23.4 Å². The SMILES string of the molecule is Cc1ccc(C)c(SCC(=O)N2CCN(c3ccc(Cl)cc3[N+](=O)[O-])CC2)c1. The van der Waals surface area contributed by atoms with Crippen molar-refractivity contribution < 1.29 is 9.72 Å². The summed E-state index contributed by atoms with van der Waals surface area (Å²) in [5.74, 6) is 0.488. The second-order valence-corrected chi connectivity index (χ2v) is 8.27. The van der Waals surface area contributed by atoms with Crippen molar-refractivity contribution in [2.24, 2.45) is 0 Å². The number of anilines is 1. The Bertz CT molecular complexity index is 898. The average Bonchev–Trinajstić information content (AvgIpc) is 2.68. The quantitative estimate of drug-likeness (QED) is 0.410. The maximum Gasteiger partial charge on any atom is 0.294 e. The van der Waals surface area contributed by atoms with Crippen LogP contribution in [0.4, 0.5) is 11.4 Å². The molecule has 0 saturated carbocycles. The van der Waals surface area contributed by atoms with Gasteiger partial charge in [0.25, 0.3) is 5.69 Å². The van der Waals surface area contributed by atoms with E-state index < -0.39 is 4.92 Å². The average molecular weight is 420 g/mol. The van der Waals surface area contributed by atoms with E-state index in [1.54, 1.807) is 23.9 Å². The molecule has 1 heterocycles. The minimum absolute atomic E-state index is 0.00208. The van der Waals surface area contributed by atoms with Gasteiger partial charge in [-0.2, -0.15) is 0 Å². The number of benzene rings is 2. The Morgan fingerprint density at radius 2 is 1.86 bits per heavy atom. The first-order valence-corrected chi connectivity index (χ1v) is 10.4. The molecular formula is C20H22ClN3O3S. The molecule has 0 N–H and O–H groups in total. The summed E-state index contributed by atoms with van der Waals surface area (Å²) in [7, 11) is 0. The molecule has 1 aliphatic heterocycles. The highest BCUT2D eigenvalue weighted by Crippen LogP contribution is 2.32. The Morgan fingerprint density at radius 3 is 2.54 bits per heavy atom. The van der Waals surface area contributed by atoms with Crippen molar-refractivity contribution in [2.45, 2.75) is 18.7 Å². The number of rotatable bonds is 5. The third kappa shape index (κ3) is 4.77. The highest BCUT2D eigenvalue weighted by Gasteiger charge is 2.26. The van der Waals surface area contributed by atoms with E-state index in [1.165, 1.54) is 17.2 Å². The van der Waals surface area contributed by atoms with Crippen molar-refractivity contribution in [2.75, 3.05) is 36.8 Å². The largest absolute Gasteiger partial charge is 0.362 e. The minimum atomic E-state index is -0.417. The van der Waals surface area contributed by atoms with Crippen molar-refractivity contribution in [3.8, 4) is 0 Å². The summed E-state index contributed by atoms with van der Waals surface area (Å²) in [6.07, 6.45) is 0. The minimum Gasteiger partial charge on any atom is -0.362 e. The number of nitro groups is 1. The normalized spacial score (nSPS) is 14.2. The van der Waals surface area contributed by atoms with Gasteiger partial charge in [0, 0.05) is 42.2 Å². The van der Waals surface area contributed by atoms with Crippen molar-refractivity contribution in [3.63, 3.8) is 0 Å². The molecular weight excluding hydrogens is 398 g/mol. The van der Waals surface area contributed by atoms with E-state index in [0.717, 1.165) is 4.90 Å². The van der Waals surface area contributed by atoms with Crippen LogP contribution in [0.2, 0.25) is 5.02 Å². The van der Waals surface area contributed by atoms with Gasteiger partial charge in [-0.05, 0) is 37.6 Å². The number of hydrogen-bond donors (Lipinski definition) is 0. The molecule has 0 bridgehead atoms. The summed E-state index contributed by atoms with van der Waals surface area (Å²) in [4.78, 5) is 28.4. The molecule has 0 radical (unpaired) electrons. The molecule has 2 aromatic rings. The fraction of sp³-hybridized carbons (Fsp3) is 0.350. The number of thioether (sulfide) groups is 1. The highest BCUT2D eigenvalue weighted by atomic mass is 35.5. The Hall–Kier alpha value is -2.25. The molecule has 0 atom stereocenters. The fourth-order valence-electron chi connectivity index (χ4n) is 3.20. The van der Waals surface area contributed by atoms with E-state index in [9.17, 15) is 14.9 Å². The highest BCUT2D eigenvalue weighted by molar-refractivity contribution is 8.00. The van der Waals surface area contributed by atoms with Gasteiger partial charge in [0.05, 0.1) is 10.7 Å². The number of amides is 1. The third-order valence-corrected chi connectivity index (χ3v) is 6.18. The van der Waals surface area contributed by atoms with E-state index in [2.05, 4.69) is 18.2 Å². The van der Waals surface area contributed by atoms with Crippen LogP contribution in [-0.2, 0) is 4.79 Å². The lowest BCUT2D eigenvalue weighted by atomic mass is 10.2. The van der Waals surface area contributed by atoms with Crippen molar-refractivity contribution in [3.05, 3.63) is 62.7 Å². The molecule has 2 aromatic carbocycles. The molecule has 1 amide bonds. The maximum atomic E-state index is 12.6. The summed E-state index contributed by atoms with van der Waals surface area (Å²) in [5, 5.41) is 11.7. The van der Waals surface area contributed by atoms with Crippen LogP contribution in [-0.4, -0.2) is 47.7 Å². The van der Waals surface area contributed by atoms with Gasteiger partial charge >= 0.3 is 0 Å². The Morgan fingerprint density at radius 1 is 1.14 bits per heavy atom. The van der Waals surface area contributed by atoms with Crippen LogP contribution in [0.25, 0.3) is 0 Å². The standard InChI is InChI=1S/C20H22ClN3O3S/c1-14-3-4-15(2)19(11-14)28-13-20(25)23-9-7-22(8-10-23)17-6-5-16(21)12-18(17)24(26)27/h3-6,11-12H,7-10,13H2,1-2H3. The van der Waals surface area contributed by atoms with Crippen LogP contribution in [0.1, 0.15) is 11.1 Å². The maximum absolute atomic E-state index is 12.6. The van der Waals surface area contributed by atoms with Gasteiger partial charge in [-0.25, -0.2) is 0 Å². The Labute approximate surface area is 173 Å². The van der Waals surface area contributed by atoms with E-state index in [4.69, 9.17) is 11.6 Å². The molecule has 1 saturated heterocycles. The monoisotopic (exact) mass is 419 g/mol. The van der Waals surface area contributed by atoms with Crippen molar-refractivity contribution in [1.82, 2.24) is 4.90 Å². The summed E-state index contributed by atoms with van der Waals surface area (Å²) < 4.78 is 0. The van der Waals surface area contributed by atoms with Gasteiger partial charge in [-0.15, -0.1) is 11.8 Å². The van der Waals surface area contributed by atoms with Gasteiger partial charge in [0.1, 0.15) is 5.69 Å². The van der Waals surface area contributed by atoms with E-state index in [0.29, 0.717) is 42.6 Å². The molecule has 6 nitrogen and oxygen atoms in total. The zero-order valence-electron chi connectivity index (χ0n) is 15.9. The third-order valence-electron chi connectivity index (χ3n) is 4.80. The molecule has 28 heavy (non-hydrogen) atoms. The van der Waals surface area contributed by atoms with Crippen molar-refractivity contribution >= 4 is 40.6 Å². The lowest BCUT2D eigenvalue weighted by Crippen LogP contribution is -2.49. The van der Waals surface area contributed by atoms with Gasteiger partial charge in [0.2, 0.25) is 5.91 Å². The lowest BCUT2D eigenvalue weighted by molar-refractivity contribution is -0.384. The molecule has 3 rings (SSSR count). The smallest absolute Gasteiger partial charge is 0.294 e. The predicted octanol–water partition coefficient (Wildman–Crippen LogP) is 4.31. The predicted molar refractivity (Wildman–Crippen MR) is 114 cm³/mol. The summed E-state index contributed by atoms with van der Waals surface area (Å²) in [5.41, 5.74) is 2.89. The van der Waals surface area contributed by atoms with Gasteiger partial charge in [-0.1, -0.05) is 29.3 Å². The fourth-order valence-corrected chi connectivity index (χ4v) is 4.39. The second-order valence-electron chi connectivity index (χ2n) is 6.82. The van der Waals surface area contributed by atoms with E-state index in [-0.39, 0.29) is 11.6 Å². The van der Waals surface area contributed by atoms with E-state index >= 15 is 0 Å². The number of carbonyl (C=O) groups excluding carboxylic acids is 1. The number of halogens is 1. The van der Waals surface area contributed by atoms with Gasteiger partial charge in [0.15, 0.2) is 0 Å². The first kappa shape index (κ1) is 20.5. The van der Waals surface area contributed by atoms with Crippen LogP contribution in [0.3, 0.4) is 0 Å². The number of piperazine rings is 1. The lowest BCUT2D eigenvalue weighted by Gasteiger charge is -2.35. The Balaban J connectivity index is 1.59. The zero-order chi connectivity index (χ0) is 20.3. The summed E-state index contributed by atoms with van der Waals surface area (Å²) in [6.45, 7) is 6.30. The Kier molecular flexibility index (Phi) is 6.46. The zero-order valence-corrected chi connectivity index (χ0v) is 17.4. The first-order chi connectivity index (χ1) is 13.3. The summed E-state index contributed by atoms with van der Waals surface area (Å²) >= 11 is 7.45. The molecule has 0 aliphatic carbocycles. The number of carbonyl (C=O) groups is 1. The molecule has 0 spiro atoms. The van der Waals surface area contributed by atoms with Crippen LogP contribution < -0.4 is 4.90 Å². The molecule has 148 valence electrons. The second kappa shape index (κ2) is 8.84. The van der Waals surface area contributed by atoms with E-state index in [1.807, 2.05) is 23.6 Å². The number of nitrogens with zero attached hydrogens (tertiary/aromatic N) is 3. The molecule has 0 unspecified atom stereocenters. The van der Waals surface area contributed by atoms with Crippen LogP contribution in [0.5, 0.6) is 0 Å². The molecule has 1 aliphatic rings. The first-order valence-electron chi connectivity index (χ1n) is 9.02. The molecule has 8 heteroatoms. The molecule has 0 aromatic heterocycles. The number of aryl methyl sites for hydroxylation is 2. The number of hydrogen-bond acceptors (Lipinski definition) is 5. The van der Waals surface area contributed by atoms with Gasteiger partial charge < -0.3 is 9.80 Å². The molecule has 1 fully saturated rings. The summed E-state index contributed by atoms with van der Waals surface area (Å²) in [6, 6.07) is 10.9. The van der Waals surface area contributed by atoms with Crippen LogP contribution in [0, 0.1) is 24.0 Å². The topological polar surface area (TPSA) is 66.7 Å². The van der Waals surface area contributed by atoms with Crippen molar-refractivity contribution in [1.29, 1.82) is 0 Å². The number of nitro benzene ring substituents is 1. The van der Waals surface area contributed by atoms with Gasteiger partial charge in [-0.3, -0.25) is 14.9 Å².